The minimum Gasteiger partial charge on any atom is -0.508 e. The van der Waals surface area contributed by atoms with Gasteiger partial charge in [0.05, 0.1) is 6.61 Å². The quantitative estimate of drug-likeness (QED) is 0.754. The molecule has 1 aliphatic rings. The summed E-state index contributed by atoms with van der Waals surface area (Å²) in [6.45, 7) is 2.40. The Morgan fingerprint density at radius 3 is 2.72 bits per heavy atom. The first-order chi connectivity index (χ1) is 12.2. The van der Waals surface area contributed by atoms with Gasteiger partial charge in [0.15, 0.2) is 0 Å². The highest BCUT2D eigenvalue weighted by atomic mass is 16.3. The van der Waals surface area contributed by atoms with Crippen LogP contribution < -0.4 is 5.32 Å². The van der Waals surface area contributed by atoms with Gasteiger partial charge in [-0.1, -0.05) is 30.3 Å². The van der Waals surface area contributed by atoms with Crippen molar-refractivity contribution in [2.45, 2.75) is 32.0 Å². The van der Waals surface area contributed by atoms with Crippen molar-refractivity contribution < 1.29 is 15.0 Å². The number of benzene rings is 2. The van der Waals surface area contributed by atoms with E-state index in [-0.39, 0.29) is 24.3 Å². The Labute approximate surface area is 147 Å². The fraction of sp³-hybridized carbons (Fsp3) is 0.350. The molecule has 3 N–H and O–H groups in total. The Kier molecular flexibility index (Phi) is 5.68. The van der Waals surface area contributed by atoms with Crippen molar-refractivity contribution in [3.8, 4) is 5.75 Å². The maximum Gasteiger partial charge on any atom is 0.251 e. The number of aromatic hydroxyl groups is 1. The van der Waals surface area contributed by atoms with Crippen LogP contribution in [0.15, 0.2) is 48.5 Å². The molecule has 132 valence electrons. The van der Waals surface area contributed by atoms with Crippen LogP contribution in [-0.4, -0.2) is 40.2 Å². The first kappa shape index (κ1) is 17.5. The number of phenols is 1. The SMILES string of the molecule is O=C(NCc1ccccc1CN1CCC[C@@H]1CO)c1cccc(O)c1. The standard InChI is InChI=1S/C20H24N2O3/c23-14-18-8-4-10-22(18)13-17-6-2-1-5-16(17)12-21-20(25)15-7-3-9-19(24)11-15/h1-3,5-7,9,11,18,23-24H,4,8,10,12-14H2,(H,21,25)/t18-/m1/s1. The molecule has 5 nitrogen and oxygen atoms in total. The summed E-state index contributed by atoms with van der Waals surface area (Å²) in [7, 11) is 0. The van der Waals surface area contributed by atoms with E-state index in [0.29, 0.717) is 12.1 Å². The van der Waals surface area contributed by atoms with Crippen molar-refractivity contribution in [1.82, 2.24) is 10.2 Å². The number of aliphatic hydroxyl groups excluding tert-OH is 1. The van der Waals surface area contributed by atoms with Crippen LogP contribution in [0.1, 0.15) is 34.3 Å². The number of hydrogen-bond acceptors (Lipinski definition) is 4. The predicted octanol–water partition coefficient (Wildman–Crippen LogP) is 2.28. The Balaban J connectivity index is 1.66. The smallest absolute Gasteiger partial charge is 0.251 e. The number of hydrogen-bond donors (Lipinski definition) is 3. The maximum atomic E-state index is 12.3. The van der Waals surface area contributed by atoms with Crippen molar-refractivity contribution in [1.29, 1.82) is 0 Å². The van der Waals surface area contributed by atoms with E-state index in [4.69, 9.17) is 0 Å². The van der Waals surface area contributed by atoms with Crippen LogP contribution in [0, 0.1) is 0 Å². The second-order valence-corrected chi connectivity index (χ2v) is 6.45. The highest BCUT2D eigenvalue weighted by Gasteiger charge is 2.24. The summed E-state index contributed by atoms with van der Waals surface area (Å²) in [5, 5.41) is 21.9. The molecule has 1 heterocycles. The lowest BCUT2D eigenvalue weighted by atomic mass is 10.1. The number of nitrogens with zero attached hydrogens (tertiary/aromatic N) is 1. The van der Waals surface area contributed by atoms with Gasteiger partial charge in [-0.2, -0.15) is 0 Å². The van der Waals surface area contributed by atoms with Crippen LogP contribution in [0.25, 0.3) is 0 Å². The fourth-order valence-electron chi connectivity index (χ4n) is 3.34. The third-order valence-electron chi connectivity index (χ3n) is 4.75. The third-order valence-corrected chi connectivity index (χ3v) is 4.75. The van der Waals surface area contributed by atoms with E-state index in [2.05, 4.69) is 16.3 Å². The van der Waals surface area contributed by atoms with Crippen molar-refractivity contribution in [2.24, 2.45) is 0 Å². The van der Waals surface area contributed by atoms with E-state index < -0.39 is 0 Å². The van der Waals surface area contributed by atoms with Crippen molar-refractivity contribution in [2.75, 3.05) is 13.2 Å². The molecule has 25 heavy (non-hydrogen) atoms. The van der Waals surface area contributed by atoms with Crippen LogP contribution >= 0.6 is 0 Å². The number of amides is 1. The minimum atomic E-state index is -0.208. The molecule has 0 saturated carbocycles. The molecular formula is C20H24N2O3. The second kappa shape index (κ2) is 8.14. The van der Waals surface area contributed by atoms with E-state index in [1.165, 1.54) is 11.6 Å². The summed E-state index contributed by atoms with van der Waals surface area (Å²) in [5.41, 5.74) is 2.68. The predicted molar refractivity (Wildman–Crippen MR) is 96.2 cm³/mol. The molecule has 2 aromatic rings. The van der Waals surface area contributed by atoms with E-state index in [1.54, 1.807) is 18.2 Å². The Morgan fingerprint density at radius 2 is 1.96 bits per heavy atom. The van der Waals surface area contributed by atoms with Gasteiger partial charge in [0.1, 0.15) is 5.75 Å². The highest BCUT2D eigenvalue weighted by Crippen LogP contribution is 2.21. The lowest BCUT2D eigenvalue weighted by molar-refractivity contribution is 0.0950. The molecule has 1 saturated heterocycles. The van der Waals surface area contributed by atoms with Gasteiger partial charge in [-0.15, -0.1) is 0 Å². The summed E-state index contributed by atoms with van der Waals surface area (Å²) in [6.07, 6.45) is 2.15. The molecule has 0 radical (unpaired) electrons. The maximum absolute atomic E-state index is 12.3. The third kappa shape index (κ3) is 4.38. The van der Waals surface area contributed by atoms with E-state index in [1.807, 2.05) is 18.2 Å². The van der Waals surface area contributed by atoms with Crippen LogP contribution in [0.2, 0.25) is 0 Å². The average molecular weight is 340 g/mol. The van der Waals surface area contributed by atoms with Crippen molar-refractivity contribution in [3.05, 3.63) is 65.2 Å². The summed E-state index contributed by atoms with van der Waals surface area (Å²) >= 11 is 0. The molecule has 0 aliphatic carbocycles. The van der Waals surface area contributed by atoms with Crippen LogP contribution in [0.4, 0.5) is 0 Å². The zero-order valence-electron chi connectivity index (χ0n) is 14.2. The number of aliphatic hydroxyl groups is 1. The zero-order valence-corrected chi connectivity index (χ0v) is 14.2. The Bertz CT molecular complexity index is 732. The Morgan fingerprint density at radius 1 is 1.16 bits per heavy atom. The number of likely N-dealkylation sites (tertiary alicyclic amines) is 1. The number of carbonyl (C=O) groups excluding carboxylic acids is 1. The number of carbonyl (C=O) groups is 1. The molecule has 3 rings (SSSR count). The van der Waals surface area contributed by atoms with E-state index >= 15 is 0 Å². The molecular weight excluding hydrogens is 316 g/mol. The van der Waals surface area contributed by atoms with Gasteiger partial charge in [-0.05, 0) is 48.7 Å². The summed E-state index contributed by atoms with van der Waals surface area (Å²) in [6, 6.07) is 14.6. The first-order valence-corrected chi connectivity index (χ1v) is 8.66. The van der Waals surface area contributed by atoms with E-state index in [9.17, 15) is 15.0 Å². The average Bonchev–Trinajstić information content (AvgIpc) is 3.08. The molecule has 0 aromatic heterocycles. The highest BCUT2D eigenvalue weighted by molar-refractivity contribution is 5.94. The number of nitrogens with one attached hydrogen (secondary N) is 1. The monoisotopic (exact) mass is 340 g/mol. The zero-order chi connectivity index (χ0) is 17.6. The lowest BCUT2D eigenvalue weighted by Gasteiger charge is -2.24. The summed E-state index contributed by atoms with van der Waals surface area (Å²) in [5.74, 6) is -0.128. The van der Waals surface area contributed by atoms with Crippen LogP contribution in [0.5, 0.6) is 5.75 Å². The molecule has 1 atom stereocenters. The molecule has 1 aliphatic heterocycles. The minimum absolute atomic E-state index is 0.0807. The van der Waals surface area contributed by atoms with Crippen molar-refractivity contribution >= 4 is 5.91 Å². The van der Waals surface area contributed by atoms with Gasteiger partial charge in [-0.25, -0.2) is 0 Å². The molecule has 5 heteroatoms. The Hall–Kier alpha value is -2.37. The molecule has 0 unspecified atom stereocenters. The molecule has 1 amide bonds. The van der Waals surface area contributed by atoms with Gasteiger partial charge >= 0.3 is 0 Å². The summed E-state index contributed by atoms with van der Waals surface area (Å²) < 4.78 is 0. The first-order valence-electron chi connectivity index (χ1n) is 8.66. The van der Waals surface area contributed by atoms with Crippen LogP contribution in [0.3, 0.4) is 0 Å². The largest absolute Gasteiger partial charge is 0.508 e. The number of phenolic OH excluding ortho intramolecular Hbond substituents is 1. The molecule has 0 spiro atoms. The molecule has 0 bridgehead atoms. The van der Waals surface area contributed by atoms with E-state index in [0.717, 1.165) is 31.5 Å². The van der Waals surface area contributed by atoms with Gasteiger partial charge in [0.2, 0.25) is 0 Å². The lowest BCUT2D eigenvalue weighted by Crippen LogP contribution is -2.32. The molecule has 2 aromatic carbocycles. The second-order valence-electron chi connectivity index (χ2n) is 6.45. The van der Waals surface area contributed by atoms with Crippen molar-refractivity contribution in [3.63, 3.8) is 0 Å². The van der Waals surface area contributed by atoms with Gasteiger partial charge in [-0.3, -0.25) is 9.69 Å². The van der Waals surface area contributed by atoms with Gasteiger partial charge in [0.25, 0.3) is 5.91 Å². The van der Waals surface area contributed by atoms with Gasteiger partial charge < -0.3 is 15.5 Å². The molecule has 1 fully saturated rings. The van der Waals surface area contributed by atoms with Gasteiger partial charge in [0, 0.05) is 24.7 Å². The number of rotatable bonds is 6. The summed E-state index contributed by atoms with van der Waals surface area (Å²) in [4.78, 5) is 14.6. The fourth-order valence-corrected chi connectivity index (χ4v) is 3.34. The van der Waals surface area contributed by atoms with Crippen LogP contribution in [-0.2, 0) is 13.1 Å². The topological polar surface area (TPSA) is 72.8 Å². The normalized spacial score (nSPS) is 17.6.